The van der Waals surface area contributed by atoms with Crippen LogP contribution in [0.2, 0.25) is 0 Å². The molecule has 2 aromatic heterocycles. The third kappa shape index (κ3) is 1.58. The maximum absolute atomic E-state index is 11.7. The lowest BCUT2D eigenvalue weighted by Crippen LogP contribution is -2.08. The van der Waals surface area contributed by atoms with Crippen molar-refractivity contribution in [3.8, 4) is 5.69 Å². The van der Waals surface area contributed by atoms with Gasteiger partial charge in [-0.25, -0.2) is 4.68 Å². The molecule has 2 heterocycles. The summed E-state index contributed by atoms with van der Waals surface area (Å²) in [6, 6.07) is 7.82. The zero-order valence-electron chi connectivity index (χ0n) is 9.60. The van der Waals surface area contributed by atoms with Gasteiger partial charge >= 0.3 is 0 Å². The van der Waals surface area contributed by atoms with Gasteiger partial charge in [0.1, 0.15) is 11.0 Å². The molecule has 0 aliphatic rings. The second kappa shape index (κ2) is 3.92. The molecule has 0 radical (unpaired) electrons. The second-order valence-electron chi connectivity index (χ2n) is 4.01. The van der Waals surface area contributed by atoms with E-state index < -0.39 is 0 Å². The van der Waals surface area contributed by atoms with E-state index in [0.29, 0.717) is 15.8 Å². The van der Waals surface area contributed by atoms with E-state index in [2.05, 4.69) is 15.1 Å². The summed E-state index contributed by atoms with van der Waals surface area (Å²) >= 11 is 4.98. The van der Waals surface area contributed by atoms with E-state index in [1.165, 1.54) is 6.20 Å². The summed E-state index contributed by atoms with van der Waals surface area (Å²) in [5, 5.41) is 4.74. The Hall–Kier alpha value is -2.21. The first-order valence-corrected chi connectivity index (χ1v) is 5.84. The number of hydrogen-bond acceptors (Lipinski definition) is 3. The molecule has 0 aliphatic carbocycles. The molecular weight excluding hydrogens is 248 g/mol. The molecule has 18 heavy (non-hydrogen) atoms. The molecule has 6 heteroatoms. The first-order valence-electron chi connectivity index (χ1n) is 5.43. The molecule has 0 aliphatic heterocycles. The lowest BCUT2D eigenvalue weighted by atomic mass is 10.2. The molecule has 0 saturated heterocycles. The summed E-state index contributed by atoms with van der Waals surface area (Å²) in [7, 11) is 0. The molecular formula is C12H10N4OS. The summed E-state index contributed by atoms with van der Waals surface area (Å²) < 4.78 is 1.98. The van der Waals surface area contributed by atoms with Crippen LogP contribution in [0.25, 0.3) is 16.7 Å². The number of aromatic nitrogens is 4. The lowest BCUT2D eigenvalue weighted by molar-refractivity contribution is 0.885. The molecule has 0 fully saturated rings. The molecule has 0 unspecified atom stereocenters. The van der Waals surface area contributed by atoms with E-state index in [0.717, 1.165) is 11.3 Å². The van der Waals surface area contributed by atoms with Crippen LogP contribution in [0.3, 0.4) is 0 Å². The minimum absolute atomic E-state index is 0.228. The maximum atomic E-state index is 11.7. The van der Waals surface area contributed by atoms with Crippen molar-refractivity contribution in [1.82, 2.24) is 19.7 Å². The minimum atomic E-state index is -0.228. The molecule has 0 saturated carbocycles. The van der Waals surface area contributed by atoms with Gasteiger partial charge in [-0.1, -0.05) is 18.2 Å². The number of para-hydroxylation sites is 1. The Labute approximate surface area is 107 Å². The normalized spacial score (nSPS) is 10.9. The van der Waals surface area contributed by atoms with Gasteiger partial charge in [-0.3, -0.25) is 9.78 Å². The molecule has 1 aromatic carbocycles. The molecule has 0 bridgehead atoms. The monoisotopic (exact) mass is 258 g/mol. The molecule has 0 spiro atoms. The SMILES string of the molecule is Cc1ccccc1-n1ncc2c(=O)[nH]c(=S)[nH]c21. The van der Waals surface area contributed by atoms with Crippen molar-refractivity contribution < 1.29 is 0 Å². The Morgan fingerprint density at radius 2 is 2.06 bits per heavy atom. The number of rotatable bonds is 1. The minimum Gasteiger partial charge on any atom is -0.316 e. The summed E-state index contributed by atoms with van der Waals surface area (Å²) in [6.07, 6.45) is 1.53. The van der Waals surface area contributed by atoms with Gasteiger partial charge in [0.2, 0.25) is 0 Å². The smallest absolute Gasteiger partial charge is 0.262 e. The number of hydrogen-bond donors (Lipinski definition) is 2. The molecule has 0 amide bonds. The molecule has 2 N–H and O–H groups in total. The molecule has 0 atom stereocenters. The topological polar surface area (TPSA) is 66.5 Å². The van der Waals surface area contributed by atoms with Crippen molar-refractivity contribution in [2.45, 2.75) is 6.92 Å². The van der Waals surface area contributed by atoms with Crippen molar-refractivity contribution in [1.29, 1.82) is 0 Å². The average Bonchev–Trinajstić information content (AvgIpc) is 2.73. The lowest BCUT2D eigenvalue weighted by Gasteiger charge is -2.06. The highest BCUT2D eigenvalue weighted by Gasteiger charge is 2.09. The summed E-state index contributed by atoms with van der Waals surface area (Å²) in [6.45, 7) is 1.99. The zero-order valence-corrected chi connectivity index (χ0v) is 10.4. The van der Waals surface area contributed by atoms with Crippen LogP contribution in [0.1, 0.15) is 5.56 Å². The number of benzene rings is 1. The number of H-pyrrole nitrogens is 2. The van der Waals surface area contributed by atoms with E-state index in [4.69, 9.17) is 12.2 Å². The van der Waals surface area contributed by atoms with Gasteiger partial charge in [0.25, 0.3) is 5.56 Å². The van der Waals surface area contributed by atoms with E-state index in [1.54, 1.807) is 4.68 Å². The van der Waals surface area contributed by atoms with Crippen LogP contribution >= 0.6 is 12.2 Å². The fourth-order valence-corrected chi connectivity index (χ4v) is 2.12. The average molecular weight is 258 g/mol. The second-order valence-corrected chi connectivity index (χ2v) is 4.42. The summed E-state index contributed by atoms with van der Waals surface area (Å²) in [5.41, 5.74) is 2.37. The van der Waals surface area contributed by atoms with Gasteiger partial charge in [-0.05, 0) is 30.8 Å². The number of nitrogens with one attached hydrogen (secondary N) is 2. The highest BCUT2D eigenvalue weighted by molar-refractivity contribution is 7.71. The van der Waals surface area contributed by atoms with Crippen molar-refractivity contribution in [3.63, 3.8) is 0 Å². The Balaban J connectivity index is 2.42. The number of fused-ring (bicyclic) bond motifs is 1. The molecule has 5 nitrogen and oxygen atoms in total. The fourth-order valence-electron chi connectivity index (χ4n) is 1.93. The number of nitrogens with zero attached hydrogens (tertiary/aromatic N) is 2. The van der Waals surface area contributed by atoms with Crippen LogP contribution in [0.5, 0.6) is 0 Å². The predicted molar refractivity (Wildman–Crippen MR) is 71.6 cm³/mol. The van der Waals surface area contributed by atoms with E-state index in [-0.39, 0.29) is 5.56 Å². The largest absolute Gasteiger partial charge is 0.316 e. The van der Waals surface area contributed by atoms with E-state index in [1.807, 2.05) is 31.2 Å². The highest BCUT2D eigenvalue weighted by atomic mass is 32.1. The Morgan fingerprint density at radius 3 is 2.83 bits per heavy atom. The Morgan fingerprint density at radius 1 is 1.28 bits per heavy atom. The van der Waals surface area contributed by atoms with Crippen molar-refractivity contribution in [2.24, 2.45) is 0 Å². The molecule has 90 valence electrons. The van der Waals surface area contributed by atoms with Crippen LogP contribution < -0.4 is 5.56 Å². The van der Waals surface area contributed by atoms with E-state index in [9.17, 15) is 4.79 Å². The van der Waals surface area contributed by atoms with Crippen LogP contribution in [-0.2, 0) is 0 Å². The molecule has 3 aromatic rings. The maximum Gasteiger partial charge on any atom is 0.262 e. The van der Waals surface area contributed by atoms with Gasteiger partial charge in [0, 0.05) is 0 Å². The summed E-state index contributed by atoms with van der Waals surface area (Å²) in [4.78, 5) is 17.2. The number of aromatic amines is 2. The van der Waals surface area contributed by atoms with Gasteiger partial charge in [0.15, 0.2) is 4.77 Å². The first kappa shape index (κ1) is 10.9. The van der Waals surface area contributed by atoms with Gasteiger partial charge < -0.3 is 4.98 Å². The van der Waals surface area contributed by atoms with Crippen LogP contribution in [-0.4, -0.2) is 19.7 Å². The quantitative estimate of drug-likeness (QED) is 0.657. The van der Waals surface area contributed by atoms with Crippen LogP contribution in [0.15, 0.2) is 35.3 Å². The van der Waals surface area contributed by atoms with Crippen molar-refractivity contribution >= 4 is 23.3 Å². The van der Waals surface area contributed by atoms with Crippen LogP contribution in [0, 0.1) is 11.7 Å². The fraction of sp³-hybridized carbons (Fsp3) is 0.0833. The predicted octanol–water partition coefficient (Wildman–Crippen LogP) is 2.08. The Kier molecular flexibility index (Phi) is 2.38. The number of aryl methyl sites for hydroxylation is 1. The van der Waals surface area contributed by atoms with Crippen LogP contribution in [0.4, 0.5) is 0 Å². The molecule has 3 rings (SSSR count). The third-order valence-corrected chi connectivity index (χ3v) is 3.02. The van der Waals surface area contributed by atoms with Gasteiger partial charge in [-0.2, -0.15) is 5.10 Å². The van der Waals surface area contributed by atoms with Gasteiger partial charge in [-0.15, -0.1) is 0 Å². The van der Waals surface area contributed by atoms with Gasteiger partial charge in [0.05, 0.1) is 11.9 Å². The standard InChI is InChI=1S/C12H10N4OS/c1-7-4-2-3-5-9(7)16-10-8(6-13-16)11(17)15-12(18)14-10/h2-6H,1H3,(H2,14,15,17,18). The summed E-state index contributed by atoms with van der Waals surface area (Å²) in [5.74, 6) is 0. The Bertz CT molecular complexity index is 843. The highest BCUT2D eigenvalue weighted by Crippen LogP contribution is 2.16. The third-order valence-electron chi connectivity index (χ3n) is 2.82. The first-order chi connectivity index (χ1) is 8.66. The van der Waals surface area contributed by atoms with E-state index >= 15 is 0 Å². The van der Waals surface area contributed by atoms with Crippen molar-refractivity contribution in [3.05, 3.63) is 51.2 Å². The van der Waals surface area contributed by atoms with Crippen molar-refractivity contribution in [2.75, 3.05) is 0 Å². The zero-order chi connectivity index (χ0) is 12.7.